The third-order valence-electron chi connectivity index (χ3n) is 4.15. The molecule has 1 fully saturated rings. The Balaban J connectivity index is 2.17. The van der Waals surface area contributed by atoms with Crippen LogP contribution in [0.1, 0.15) is 40.8 Å². The lowest BCUT2D eigenvalue weighted by Gasteiger charge is -2.23. The Labute approximate surface area is 143 Å². The number of carboxylic acids is 1. The van der Waals surface area contributed by atoms with Gasteiger partial charge in [0.05, 0.1) is 12.0 Å². The molecule has 0 amide bonds. The van der Waals surface area contributed by atoms with Gasteiger partial charge in [0.1, 0.15) is 27.4 Å². The summed E-state index contributed by atoms with van der Waals surface area (Å²) in [6.45, 7) is 6.30. The van der Waals surface area contributed by atoms with Gasteiger partial charge in [-0.05, 0) is 39.2 Å². The van der Waals surface area contributed by atoms with Crippen LogP contribution in [-0.4, -0.2) is 46.2 Å². The van der Waals surface area contributed by atoms with Crippen LogP contribution < -0.4 is 4.90 Å². The lowest BCUT2D eigenvalue weighted by molar-refractivity contribution is -0.138. The standard InChI is InChI=1S/C16H19N3O4S/c1-4-23-16(22)12-8(2)11-13(17-9(3)18-14(11)24-12)19-7-5-6-10(19)15(20)21/h10H,4-7H2,1-3H3,(H,20,21). The van der Waals surface area contributed by atoms with Crippen molar-refractivity contribution < 1.29 is 19.4 Å². The molecule has 0 radical (unpaired) electrons. The molecule has 1 unspecified atom stereocenters. The van der Waals surface area contributed by atoms with Gasteiger partial charge in [-0.3, -0.25) is 0 Å². The average Bonchev–Trinajstić information content (AvgIpc) is 3.12. The topological polar surface area (TPSA) is 92.6 Å². The number of nitrogens with zero attached hydrogens (tertiary/aromatic N) is 3. The van der Waals surface area contributed by atoms with Gasteiger partial charge in [0, 0.05) is 6.54 Å². The lowest BCUT2D eigenvalue weighted by atomic mass is 10.1. The molecule has 0 aromatic carbocycles. The number of hydrogen-bond acceptors (Lipinski definition) is 7. The Hall–Kier alpha value is -2.22. The summed E-state index contributed by atoms with van der Waals surface area (Å²) in [6, 6.07) is -0.590. The minimum absolute atomic E-state index is 0.303. The number of fused-ring (bicyclic) bond motifs is 1. The number of ether oxygens (including phenoxy) is 1. The van der Waals surface area contributed by atoms with Crippen molar-refractivity contribution in [2.45, 2.75) is 39.7 Å². The van der Waals surface area contributed by atoms with Crippen LogP contribution in [0.3, 0.4) is 0 Å². The molecule has 24 heavy (non-hydrogen) atoms. The molecular formula is C16H19N3O4S. The van der Waals surface area contributed by atoms with Gasteiger partial charge in [-0.1, -0.05) is 0 Å². The van der Waals surface area contributed by atoms with Crippen molar-refractivity contribution in [3.05, 3.63) is 16.3 Å². The van der Waals surface area contributed by atoms with Gasteiger partial charge < -0.3 is 14.7 Å². The fourth-order valence-corrected chi connectivity index (χ4v) is 4.21. The number of aryl methyl sites for hydroxylation is 2. The third kappa shape index (κ3) is 2.71. The highest BCUT2D eigenvalue weighted by Crippen LogP contribution is 2.38. The maximum absolute atomic E-state index is 12.2. The predicted octanol–water partition coefficient (Wildman–Crippen LogP) is 2.54. The number of aliphatic carboxylic acids is 1. The van der Waals surface area contributed by atoms with Gasteiger partial charge in [-0.25, -0.2) is 19.6 Å². The summed E-state index contributed by atoms with van der Waals surface area (Å²) in [5.41, 5.74) is 0.750. The molecule has 0 bridgehead atoms. The molecule has 1 aliphatic rings. The first-order valence-corrected chi connectivity index (χ1v) is 8.70. The average molecular weight is 349 g/mol. The molecule has 0 saturated carbocycles. The first-order chi connectivity index (χ1) is 11.4. The van der Waals surface area contributed by atoms with Gasteiger partial charge in [0.2, 0.25) is 0 Å². The minimum atomic E-state index is -0.851. The van der Waals surface area contributed by atoms with E-state index in [1.807, 2.05) is 11.8 Å². The molecule has 0 spiro atoms. The number of carboxylic acid groups (broad SMARTS) is 1. The zero-order chi connectivity index (χ0) is 17.4. The van der Waals surface area contributed by atoms with E-state index in [2.05, 4.69) is 9.97 Å². The Bertz CT molecular complexity index is 817. The molecule has 8 heteroatoms. The van der Waals surface area contributed by atoms with Crippen LogP contribution in [0, 0.1) is 13.8 Å². The van der Waals surface area contributed by atoms with E-state index in [-0.39, 0.29) is 5.97 Å². The number of anilines is 1. The summed E-state index contributed by atoms with van der Waals surface area (Å²) >= 11 is 1.27. The van der Waals surface area contributed by atoms with E-state index >= 15 is 0 Å². The lowest BCUT2D eigenvalue weighted by Crippen LogP contribution is -2.36. The fourth-order valence-electron chi connectivity index (χ4n) is 3.10. The number of hydrogen-bond donors (Lipinski definition) is 1. The quantitative estimate of drug-likeness (QED) is 0.848. The van der Waals surface area contributed by atoms with Gasteiger partial charge >= 0.3 is 11.9 Å². The molecule has 1 aliphatic heterocycles. The van der Waals surface area contributed by atoms with Crippen LogP contribution in [0.4, 0.5) is 5.82 Å². The smallest absolute Gasteiger partial charge is 0.348 e. The summed E-state index contributed by atoms with van der Waals surface area (Å²) < 4.78 is 5.11. The number of rotatable bonds is 4. The molecule has 1 N–H and O–H groups in total. The van der Waals surface area contributed by atoms with Crippen molar-refractivity contribution >= 4 is 39.3 Å². The molecule has 3 rings (SSSR count). The van der Waals surface area contributed by atoms with Crippen molar-refractivity contribution in [3.8, 4) is 0 Å². The molecule has 1 atom stereocenters. The SMILES string of the molecule is CCOC(=O)c1sc2nc(C)nc(N3CCCC3C(=O)O)c2c1C. The fraction of sp³-hybridized carbons (Fsp3) is 0.500. The second kappa shape index (κ2) is 6.35. The molecule has 1 saturated heterocycles. The Morgan fingerprint density at radius 2 is 2.12 bits per heavy atom. The maximum Gasteiger partial charge on any atom is 0.348 e. The number of esters is 1. The highest BCUT2D eigenvalue weighted by molar-refractivity contribution is 7.20. The molecule has 0 aliphatic carbocycles. The van der Waals surface area contributed by atoms with E-state index in [4.69, 9.17) is 4.74 Å². The normalized spacial score (nSPS) is 17.5. The monoisotopic (exact) mass is 349 g/mol. The Kier molecular flexibility index (Phi) is 4.40. The number of carbonyl (C=O) groups is 2. The summed E-state index contributed by atoms with van der Waals surface area (Å²) in [7, 11) is 0. The molecule has 7 nitrogen and oxygen atoms in total. The Morgan fingerprint density at radius 1 is 1.38 bits per heavy atom. The molecule has 128 valence electrons. The van der Waals surface area contributed by atoms with E-state index in [1.165, 1.54) is 11.3 Å². The summed E-state index contributed by atoms with van der Waals surface area (Å²) in [5.74, 6) is -0.0647. The number of aromatic nitrogens is 2. The van der Waals surface area contributed by atoms with E-state index < -0.39 is 12.0 Å². The van der Waals surface area contributed by atoms with Gasteiger partial charge in [-0.15, -0.1) is 11.3 Å². The summed E-state index contributed by atoms with van der Waals surface area (Å²) in [6.07, 6.45) is 1.39. The first-order valence-electron chi connectivity index (χ1n) is 7.88. The second-order valence-electron chi connectivity index (χ2n) is 5.74. The number of thiophene rings is 1. The van der Waals surface area contributed by atoms with Gasteiger partial charge in [0.15, 0.2) is 0 Å². The van der Waals surface area contributed by atoms with Crippen LogP contribution in [-0.2, 0) is 9.53 Å². The predicted molar refractivity (Wildman–Crippen MR) is 90.8 cm³/mol. The zero-order valence-electron chi connectivity index (χ0n) is 13.8. The highest BCUT2D eigenvalue weighted by Gasteiger charge is 2.34. The van der Waals surface area contributed by atoms with Crippen molar-refractivity contribution in [1.82, 2.24) is 9.97 Å². The van der Waals surface area contributed by atoms with E-state index in [0.717, 1.165) is 17.4 Å². The van der Waals surface area contributed by atoms with Crippen LogP contribution in [0.15, 0.2) is 0 Å². The maximum atomic E-state index is 12.2. The van der Waals surface area contributed by atoms with Crippen molar-refractivity contribution in [2.24, 2.45) is 0 Å². The van der Waals surface area contributed by atoms with Crippen LogP contribution in [0.25, 0.3) is 10.2 Å². The van der Waals surface area contributed by atoms with E-state index in [9.17, 15) is 14.7 Å². The van der Waals surface area contributed by atoms with E-state index in [0.29, 0.717) is 40.9 Å². The van der Waals surface area contributed by atoms with Crippen molar-refractivity contribution in [3.63, 3.8) is 0 Å². The minimum Gasteiger partial charge on any atom is -0.480 e. The van der Waals surface area contributed by atoms with Crippen LogP contribution >= 0.6 is 11.3 Å². The summed E-state index contributed by atoms with van der Waals surface area (Å²) in [4.78, 5) is 35.6. The van der Waals surface area contributed by atoms with Crippen LogP contribution in [0.5, 0.6) is 0 Å². The second-order valence-corrected chi connectivity index (χ2v) is 6.74. The molecule has 3 heterocycles. The highest BCUT2D eigenvalue weighted by atomic mass is 32.1. The van der Waals surface area contributed by atoms with Crippen LogP contribution in [0.2, 0.25) is 0 Å². The first kappa shape index (κ1) is 16.6. The number of carbonyl (C=O) groups excluding carboxylic acids is 1. The zero-order valence-corrected chi connectivity index (χ0v) is 14.6. The summed E-state index contributed by atoms with van der Waals surface area (Å²) in [5, 5.41) is 10.2. The van der Waals surface area contributed by atoms with Crippen molar-refractivity contribution in [2.75, 3.05) is 18.1 Å². The molecule has 2 aromatic rings. The van der Waals surface area contributed by atoms with E-state index in [1.54, 1.807) is 13.8 Å². The molecular weight excluding hydrogens is 330 g/mol. The van der Waals surface area contributed by atoms with Gasteiger partial charge in [-0.2, -0.15) is 0 Å². The van der Waals surface area contributed by atoms with Crippen molar-refractivity contribution in [1.29, 1.82) is 0 Å². The largest absolute Gasteiger partial charge is 0.480 e. The third-order valence-corrected chi connectivity index (χ3v) is 5.32. The molecule has 2 aromatic heterocycles. The van der Waals surface area contributed by atoms with Gasteiger partial charge in [0.25, 0.3) is 0 Å². The Morgan fingerprint density at radius 3 is 2.79 bits per heavy atom.